The van der Waals surface area contributed by atoms with Crippen molar-refractivity contribution in [2.45, 2.75) is 39.3 Å². The Morgan fingerprint density at radius 2 is 2.12 bits per heavy atom. The second-order valence-electron chi connectivity index (χ2n) is 8.53. The van der Waals surface area contributed by atoms with Gasteiger partial charge in [0.2, 0.25) is 0 Å². The van der Waals surface area contributed by atoms with Crippen LogP contribution >= 0.6 is 22.9 Å². The number of anilines is 1. The smallest absolute Gasteiger partial charge is 0.410 e. The molecule has 1 atom stereocenters. The van der Waals surface area contributed by atoms with E-state index in [9.17, 15) is 14.9 Å². The first kappa shape index (κ1) is 22.3. The van der Waals surface area contributed by atoms with Crippen molar-refractivity contribution < 1.29 is 18.9 Å². The number of hydrogen-bond acceptors (Lipinski definition) is 9. The molecule has 10 nitrogen and oxygen atoms in total. The van der Waals surface area contributed by atoms with E-state index in [1.165, 1.54) is 6.20 Å². The zero-order valence-electron chi connectivity index (χ0n) is 18.0. The number of aromatic nitrogens is 2. The predicted molar refractivity (Wildman–Crippen MR) is 121 cm³/mol. The normalized spacial score (nSPS) is 17.1. The van der Waals surface area contributed by atoms with Gasteiger partial charge in [0.25, 0.3) is 6.01 Å². The maximum absolute atomic E-state index is 12.4. The van der Waals surface area contributed by atoms with Crippen molar-refractivity contribution in [1.29, 1.82) is 0 Å². The quantitative estimate of drug-likeness (QED) is 0.382. The standard InChI is InChI=1S/C20H22ClN5O5S/c1-11-10-24(19(27)31-20(2,3)4)5-6-25(11)18-23-14-8-12(21)7-13(16(14)30-18)17-22-9-15(32-17)26(28)29/h7-9,11H,5-6,10H2,1-4H3/t11-/m0/s1. The fraction of sp³-hybridized carbons (Fsp3) is 0.450. The lowest BCUT2D eigenvalue weighted by atomic mass is 10.2. The van der Waals surface area contributed by atoms with E-state index >= 15 is 0 Å². The average molecular weight is 480 g/mol. The van der Waals surface area contributed by atoms with E-state index in [1.807, 2.05) is 32.6 Å². The van der Waals surface area contributed by atoms with Crippen LogP contribution in [0.15, 0.2) is 22.7 Å². The summed E-state index contributed by atoms with van der Waals surface area (Å²) in [6.07, 6.45) is 0.864. The second kappa shape index (κ2) is 8.21. The monoisotopic (exact) mass is 479 g/mol. The van der Waals surface area contributed by atoms with Crippen molar-refractivity contribution in [2.75, 3.05) is 24.5 Å². The minimum atomic E-state index is -0.557. The summed E-state index contributed by atoms with van der Waals surface area (Å²) in [5.41, 5.74) is 0.972. The van der Waals surface area contributed by atoms with Crippen LogP contribution in [0.3, 0.4) is 0 Å². The van der Waals surface area contributed by atoms with Crippen LogP contribution in [0.25, 0.3) is 21.7 Å². The predicted octanol–water partition coefficient (Wildman–Crippen LogP) is 4.96. The molecule has 0 N–H and O–H groups in total. The van der Waals surface area contributed by atoms with E-state index in [0.29, 0.717) is 52.3 Å². The number of halogens is 1. The Labute approximate surface area is 192 Å². The molecule has 1 fully saturated rings. The van der Waals surface area contributed by atoms with Crippen molar-refractivity contribution >= 4 is 51.1 Å². The van der Waals surface area contributed by atoms with Crippen molar-refractivity contribution in [1.82, 2.24) is 14.9 Å². The Morgan fingerprint density at radius 1 is 1.38 bits per heavy atom. The highest BCUT2D eigenvalue weighted by atomic mass is 35.5. The van der Waals surface area contributed by atoms with Gasteiger partial charge in [-0.25, -0.2) is 9.78 Å². The SMILES string of the molecule is C[C@H]1CN(C(=O)OC(C)(C)C)CCN1c1nc2cc(Cl)cc(-c3ncc([N+](=O)[O-])s3)c2o1. The Hall–Kier alpha value is -2.92. The number of carbonyl (C=O) groups excluding carboxylic acids is 1. The fourth-order valence-corrected chi connectivity index (χ4v) is 4.43. The van der Waals surface area contributed by atoms with E-state index in [1.54, 1.807) is 17.0 Å². The number of oxazole rings is 1. The van der Waals surface area contributed by atoms with Crippen LogP contribution in [-0.2, 0) is 4.74 Å². The Balaban J connectivity index is 1.61. The minimum Gasteiger partial charge on any atom is -0.444 e. The number of carbonyl (C=O) groups is 1. The van der Waals surface area contributed by atoms with Gasteiger partial charge in [0.1, 0.15) is 22.3 Å². The maximum atomic E-state index is 12.4. The number of hydrogen-bond donors (Lipinski definition) is 0. The van der Waals surface area contributed by atoms with Gasteiger partial charge in [0.05, 0.1) is 10.5 Å². The molecular formula is C20H22ClN5O5S. The summed E-state index contributed by atoms with van der Waals surface area (Å²) in [4.78, 5) is 35.4. The maximum Gasteiger partial charge on any atom is 0.410 e. The molecule has 3 aromatic rings. The van der Waals surface area contributed by atoms with Gasteiger partial charge >= 0.3 is 11.1 Å². The molecule has 12 heteroatoms. The zero-order chi connectivity index (χ0) is 23.2. The van der Waals surface area contributed by atoms with Gasteiger partial charge in [-0.15, -0.1) is 0 Å². The first-order valence-corrected chi connectivity index (χ1v) is 11.2. The lowest BCUT2D eigenvalue weighted by Gasteiger charge is -2.39. The van der Waals surface area contributed by atoms with Gasteiger partial charge < -0.3 is 19.0 Å². The molecule has 0 unspecified atom stereocenters. The number of thiazole rings is 1. The molecule has 0 saturated carbocycles. The number of nitro groups is 1. The summed E-state index contributed by atoms with van der Waals surface area (Å²) >= 11 is 7.21. The Bertz CT molecular complexity index is 1190. The number of rotatable bonds is 3. The van der Waals surface area contributed by atoms with Crippen molar-refractivity contribution in [2.24, 2.45) is 0 Å². The molecule has 32 heavy (non-hydrogen) atoms. The van der Waals surface area contributed by atoms with Crippen LogP contribution in [-0.4, -0.2) is 57.2 Å². The minimum absolute atomic E-state index is 0.0656. The lowest BCUT2D eigenvalue weighted by molar-refractivity contribution is -0.380. The van der Waals surface area contributed by atoms with Crippen LogP contribution < -0.4 is 4.90 Å². The third-order valence-electron chi connectivity index (χ3n) is 4.87. The molecule has 1 saturated heterocycles. The molecule has 1 amide bonds. The summed E-state index contributed by atoms with van der Waals surface area (Å²) in [6.45, 7) is 8.92. The lowest BCUT2D eigenvalue weighted by Crippen LogP contribution is -2.54. The van der Waals surface area contributed by atoms with Gasteiger partial charge in [-0.1, -0.05) is 11.6 Å². The molecule has 0 bridgehead atoms. The van der Waals surface area contributed by atoms with E-state index in [4.69, 9.17) is 20.8 Å². The van der Waals surface area contributed by atoms with E-state index in [2.05, 4.69) is 9.97 Å². The van der Waals surface area contributed by atoms with E-state index < -0.39 is 10.5 Å². The topological polar surface area (TPSA) is 115 Å². The average Bonchev–Trinajstić information content (AvgIpc) is 3.33. The van der Waals surface area contributed by atoms with Crippen LogP contribution in [0.4, 0.5) is 15.8 Å². The largest absolute Gasteiger partial charge is 0.444 e. The van der Waals surface area contributed by atoms with E-state index in [0.717, 1.165) is 11.3 Å². The summed E-state index contributed by atoms with van der Waals surface area (Å²) in [5.74, 6) is 0. The number of ether oxygens (including phenoxy) is 1. The highest BCUT2D eigenvalue weighted by molar-refractivity contribution is 7.18. The highest BCUT2D eigenvalue weighted by Gasteiger charge is 2.32. The van der Waals surface area contributed by atoms with Gasteiger partial charge in [-0.3, -0.25) is 10.1 Å². The van der Waals surface area contributed by atoms with Gasteiger partial charge in [0, 0.05) is 30.7 Å². The van der Waals surface area contributed by atoms with Crippen molar-refractivity contribution in [3.8, 4) is 10.6 Å². The van der Waals surface area contributed by atoms with Crippen molar-refractivity contribution in [3.63, 3.8) is 0 Å². The van der Waals surface area contributed by atoms with Crippen molar-refractivity contribution in [3.05, 3.63) is 33.5 Å². The number of fused-ring (bicyclic) bond motifs is 1. The Morgan fingerprint density at radius 3 is 2.75 bits per heavy atom. The number of nitrogens with zero attached hydrogens (tertiary/aromatic N) is 5. The molecule has 0 aliphatic carbocycles. The third kappa shape index (κ3) is 4.49. The second-order valence-corrected chi connectivity index (χ2v) is 9.97. The first-order valence-electron chi connectivity index (χ1n) is 9.97. The summed E-state index contributed by atoms with van der Waals surface area (Å²) in [6, 6.07) is 3.66. The Kier molecular flexibility index (Phi) is 5.72. The molecule has 170 valence electrons. The summed E-state index contributed by atoms with van der Waals surface area (Å²) in [5, 5.41) is 11.8. The third-order valence-corrected chi connectivity index (χ3v) is 6.07. The molecule has 0 spiro atoms. The summed E-state index contributed by atoms with van der Waals surface area (Å²) in [7, 11) is 0. The number of amides is 1. The first-order chi connectivity index (χ1) is 15.0. The van der Waals surface area contributed by atoms with Gasteiger partial charge in [-0.2, -0.15) is 4.98 Å². The van der Waals surface area contributed by atoms with Crippen LogP contribution in [0.2, 0.25) is 5.02 Å². The molecule has 1 aliphatic rings. The van der Waals surface area contributed by atoms with Crippen LogP contribution in [0.1, 0.15) is 27.7 Å². The highest BCUT2D eigenvalue weighted by Crippen LogP contribution is 2.38. The van der Waals surface area contributed by atoms with Crippen LogP contribution in [0, 0.1) is 10.1 Å². The molecule has 0 radical (unpaired) electrons. The van der Waals surface area contributed by atoms with Gasteiger partial charge in [-0.05, 0) is 51.2 Å². The zero-order valence-corrected chi connectivity index (χ0v) is 19.6. The van der Waals surface area contributed by atoms with Gasteiger partial charge in [0.15, 0.2) is 5.58 Å². The molecule has 3 heterocycles. The number of piperazine rings is 1. The molecule has 2 aromatic heterocycles. The molecule has 4 rings (SSSR count). The molecule has 1 aliphatic heterocycles. The fourth-order valence-electron chi connectivity index (χ4n) is 3.48. The van der Waals surface area contributed by atoms with Crippen LogP contribution in [0.5, 0.6) is 0 Å². The number of benzene rings is 1. The molecule has 1 aromatic carbocycles. The summed E-state index contributed by atoms with van der Waals surface area (Å²) < 4.78 is 11.6. The molecular weight excluding hydrogens is 458 g/mol. The van der Waals surface area contributed by atoms with E-state index in [-0.39, 0.29) is 17.1 Å².